The second kappa shape index (κ2) is 13.8. The number of amides is 1. The Hall–Kier alpha value is -4.63. The third-order valence-electron chi connectivity index (χ3n) is 7.72. The van der Waals surface area contributed by atoms with Gasteiger partial charge in [-0.2, -0.15) is 8.42 Å². The van der Waals surface area contributed by atoms with E-state index in [1.165, 1.54) is 12.1 Å². The van der Waals surface area contributed by atoms with Gasteiger partial charge in [0, 0.05) is 12.5 Å². The topological polar surface area (TPSA) is 108 Å². The third kappa shape index (κ3) is 8.34. The molecule has 4 aromatic rings. The van der Waals surface area contributed by atoms with Crippen LogP contribution in [-0.4, -0.2) is 39.2 Å². The molecule has 0 heterocycles. The van der Waals surface area contributed by atoms with Crippen molar-refractivity contribution in [3.8, 4) is 16.9 Å². The summed E-state index contributed by atoms with van der Waals surface area (Å²) in [6.45, 7) is 7.65. The molecule has 5 rings (SSSR count). The number of hydrogen-bond donors (Lipinski definition) is 1. The summed E-state index contributed by atoms with van der Waals surface area (Å²) in [4.78, 5) is 25.7. The molecule has 240 valence electrons. The summed E-state index contributed by atoms with van der Waals surface area (Å²) in [6, 6.07) is 29.3. The number of hydrogen-bond acceptors (Lipinski definition) is 7. The highest BCUT2D eigenvalue weighted by Gasteiger charge is 2.29. The first-order valence-corrected chi connectivity index (χ1v) is 16.7. The maximum Gasteiger partial charge on any atom is 0.407 e. The Labute approximate surface area is 270 Å². The number of carbonyl (C=O) groups is 2. The number of rotatable bonds is 11. The average molecular weight is 642 g/mol. The minimum absolute atomic E-state index is 0.0636. The van der Waals surface area contributed by atoms with Crippen LogP contribution >= 0.6 is 0 Å². The first-order valence-electron chi connectivity index (χ1n) is 15.3. The van der Waals surface area contributed by atoms with Crippen molar-refractivity contribution in [2.45, 2.75) is 57.0 Å². The number of esters is 1. The van der Waals surface area contributed by atoms with Crippen LogP contribution in [0.1, 0.15) is 55.4 Å². The fourth-order valence-corrected chi connectivity index (χ4v) is 6.54. The molecule has 0 aromatic heterocycles. The van der Waals surface area contributed by atoms with Crippen LogP contribution < -0.4 is 9.50 Å². The molecule has 1 aliphatic carbocycles. The van der Waals surface area contributed by atoms with Gasteiger partial charge in [-0.3, -0.25) is 4.79 Å². The smallest absolute Gasteiger partial charge is 0.407 e. The zero-order chi connectivity index (χ0) is 32.9. The fraction of sp³-hybridized carbons (Fsp3) is 0.297. The highest BCUT2D eigenvalue weighted by Crippen LogP contribution is 2.44. The lowest BCUT2D eigenvalue weighted by Gasteiger charge is -2.23. The zero-order valence-electron chi connectivity index (χ0n) is 26.5. The van der Waals surface area contributed by atoms with Gasteiger partial charge in [0.25, 0.3) is 0 Å². The molecule has 0 saturated heterocycles. The van der Waals surface area contributed by atoms with Crippen LogP contribution in [0.25, 0.3) is 11.1 Å². The number of aryl methyl sites for hydroxylation is 1. The van der Waals surface area contributed by atoms with Crippen LogP contribution in [0.5, 0.6) is 5.75 Å². The zero-order valence-corrected chi connectivity index (χ0v) is 27.3. The van der Waals surface area contributed by atoms with Crippen LogP contribution in [0.3, 0.4) is 0 Å². The van der Waals surface area contributed by atoms with Gasteiger partial charge in [0.15, 0.2) is 0 Å². The molecular weight excluding hydrogens is 602 g/mol. The van der Waals surface area contributed by atoms with Gasteiger partial charge < -0.3 is 19.0 Å². The molecule has 4 aromatic carbocycles. The van der Waals surface area contributed by atoms with Crippen LogP contribution in [0.2, 0.25) is 0 Å². The normalized spacial score (nSPS) is 13.3. The van der Waals surface area contributed by atoms with Gasteiger partial charge in [0.1, 0.15) is 22.9 Å². The lowest BCUT2D eigenvalue weighted by molar-refractivity contribution is -0.155. The number of ether oxygens (including phenoxy) is 2. The van der Waals surface area contributed by atoms with E-state index in [9.17, 15) is 18.0 Å². The van der Waals surface area contributed by atoms with Crippen LogP contribution in [-0.2, 0) is 30.8 Å². The van der Waals surface area contributed by atoms with Crippen molar-refractivity contribution in [2.24, 2.45) is 5.92 Å². The first kappa shape index (κ1) is 32.8. The summed E-state index contributed by atoms with van der Waals surface area (Å²) in [7, 11) is -3.98. The molecule has 1 unspecified atom stereocenters. The second-order valence-corrected chi connectivity index (χ2v) is 14.1. The van der Waals surface area contributed by atoms with E-state index in [1.54, 1.807) is 57.2 Å². The van der Waals surface area contributed by atoms with Gasteiger partial charge in [-0.05, 0) is 92.1 Å². The number of alkyl carbamates (subject to hydrolysis) is 1. The lowest BCUT2D eigenvalue weighted by atomic mass is 9.96. The van der Waals surface area contributed by atoms with Crippen molar-refractivity contribution in [1.82, 2.24) is 5.32 Å². The Bertz CT molecular complexity index is 1750. The van der Waals surface area contributed by atoms with Crippen molar-refractivity contribution < 1.29 is 31.7 Å². The molecule has 0 fully saturated rings. The molecule has 9 heteroatoms. The molecule has 1 amide bonds. The molecule has 8 nitrogen and oxygen atoms in total. The Morgan fingerprint density at radius 3 is 2.00 bits per heavy atom. The molecule has 0 radical (unpaired) electrons. The van der Waals surface area contributed by atoms with E-state index < -0.39 is 21.8 Å². The number of fused-ring (bicyclic) bond motifs is 3. The van der Waals surface area contributed by atoms with E-state index in [2.05, 4.69) is 29.6 Å². The van der Waals surface area contributed by atoms with E-state index in [4.69, 9.17) is 13.7 Å². The van der Waals surface area contributed by atoms with Gasteiger partial charge >= 0.3 is 22.2 Å². The SMILES string of the molecule is Cc1ccc(S(=O)(=O)Oc2ccc(CC(CNC(=O)OCC3c4ccccc4-c4ccccc43)CC(=O)OC(C)(C)C)cc2)cc1. The fourth-order valence-electron chi connectivity index (χ4n) is 5.61. The molecule has 1 N–H and O–H groups in total. The summed E-state index contributed by atoms with van der Waals surface area (Å²) in [5, 5.41) is 2.83. The maximum atomic E-state index is 12.9. The molecule has 1 aliphatic rings. The Morgan fingerprint density at radius 1 is 0.826 bits per heavy atom. The van der Waals surface area contributed by atoms with Crippen molar-refractivity contribution in [1.29, 1.82) is 0 Å². The van der Waals surface area contributed by atoms with Crippen molar-refractivity contribution in [3.05, 3.63) is 119 Å². The summed E-state index contributed by atoms with van der Waals surface area (Å²) in [6.07, 6.45) is -0.0735. The molecule has 1 atom stereocenters. The van der Waals surface area contributed by atoms with E-state index >= 15 is 0 Å². The van der Waals surface area contributed by atoms with Crippen LogP contribution in [0.4, 0.5) is 4.79 Å². The minimum atomic E-state index is -3.98. The van der Waals surface area contributed by atoms with Gasteiger partial charge in [0.05, 0.1) is 6.42 Å². The van der Waals surface area contributed by atoms with E-state index in [0.29, 0.717) is 6.42 Å². The van der Waals surface area contributed by atoms with E-state index in [-0.39, 0.29) is 48.0 Å². The van der Waals surface area contributed by atoms with Crippen LogP contribution in [0, 0.1) is 12.8 Å². The van der Waals surface area contributed by atoms with Crippen molar-refractivity contribution >= 4 is 22.2 Å². The van der Waals surface area contributed by atoms with Crippen molar-refractivity contribution in [3.63, 3.8) is 0 Å². The van der Waals surface area contributed by atoms with Gasteiger partial charge in [-0.25, -0.2) is 4.79 Å². The Kier molecular flexibility index (Phi) is 9.82. The second-order valence-electron chi connectivity index (χ2n) is 12.6. The van der Waals surface area contributed by atoms with Crippen LogP contribution in [0.15, 0.2) is 102 Å². The third-order valence-corrected chi connectivity index (χ3v) is 8.98. The highest BCUT2D eigenvalue weighted by molar-refractivity contribution is 7.87. The molecule has 0 bridgehead atoms. The number of nitrogens with one attached hydrogen (secondary N) is 1. The number of carbonyl (C=O) groups excluding carboxylic acids is 2. The Morgan fingerprint density at radius 2 is 1.41 bits per heavy atom. The quantitative estimate of drug-likeness (QED) is 0.136. The minimum Gasteiger partial charge on any atom is -0.460 e. The predicted octanol–water partition coefficient (Wildman–Crippen LogP) is 7.19. The van der Waals surface area contributed by atoms with Gasteiger partial charge in [-0.1, -0.05) is 78.4 Å². The lowest BCUT2D eigenvalue weighted by Crippen LogP contribution is -2.34. The summed E-state index contributed by atoms with van der Waals surface area (Å²) >= 11 is 0. The predicted molar refractivity (Wildman–Crippen MR) is 176 cm³/mol. The summed E-state index contributed by atoms with van der Waals surface area (Å²) < 4.78 is 41.9. The van der Waals surface area contributed by atoms with Gasteiger partial charge in [-0.15, -0.1) is 0 Å². The van der Waals surface area contributed by atoms with Crippen molar-refractivity contribution in [2.75, 3.05) is 13.2 Å². The number of benzene rings is 4. The first-order chi connectivity index (χ1) is 21.9. The van der Waals surface area contributed by atoms with Gasteiger partial charge in [0.2, 0.25) is 0 Å². The largest absolute Gasteiger partial charge is 0.460 e. The molecule has 0 spiro atoms. The Balaban J connectivity index is 1.21. The standard InChI is InChI=1S/C37H39NO7S/c1-25-13-19-29(20-14-25)46(41,42)45-28-17-15-26(16-18-28)21-27(22-35(39)44-37(2,3)4)23-38-36(40)43-24-34-32-11-7-5-9-30(32)31-10-6-8-12-33(31)34/h5-20,27,34H,21-24H2,1-4H3,(H,38,40). The molecule has 0 aliphatic heterocycles. The highest BCUT2D eigenvalue weighted by atomic mass is 32.2. The average Bonchev–Trinajstić information content (AvgIpc) is 3.32. The van der Waals surface area contributed by atoms with E-state index in [0.717, 1.165) is 33.4 Å². The molecule has 46 heavy (non-hydrogen) atoms. The molecule has 0 saturated carbocycles. The maximum absolute atomic E-state index is 12.9. The monoisotopic (exact) mass is 641 g/mol. The summed E-state index contributed by atoms with van der Waals surface area (Å²) in [5.41, 5.74) is 5.67. The molecular formula is C37H39NO7S. The van der Waals surface area contributed by atoms with E-state index in [1.807, 2.05) is 31.2 Å². The summed E-state index contributed by atoms with van der Waals surface area (Å²) in [5.74, 6) is -0.578.